The monoisotopic (exact) mass is 386 g/mol. The number of benzene rings is 1. The number of piperidine rings is 1. The van der Waals surface area contributed by atoms with Crippen LogP contribution in [0.4, 0.5) is 0 Å². The lowest BCUT2D eigenvalue weighted by Crippen LogP contribution is -2.41. The van der Waals surface area contributed by atoms with Crippen molar-refractivity contribution < 1.29 is 27.4 Å². The molecule has 0 aliphatic carbocycles. The van der Waals surface area contributed by atoms with Crippen LogP contribution in [0.3, 0.4) is 0 Å². The smallest absolute Gasteiger partial charge is 0.251 e. The molecule has 0 aromatic heterocycles. The Kier molecular flexibility index (Phi) is 6.71. The molecule has 1 saturated heterocycles. The van der Waals surface area contributed by atoms with E-state index in [2.05, 4.69) is 5.32 Å². The minimum atomic E-state index is -3.14. The number of ether oxygens (including phenoxy) is 3. The summed E-state index contributed by atoms with van der Waals surface area (Å²) in [5.41, 5.74) is 0.410. The van der Waals surface area contributed by atoms with Gasteiger partial charge in [0, 0.05) is 25.2 Å². The second-order valence-electron chi connectivity index (χ2n) is 6.23. The summed E-state index contributed by atoms with van der Waals surface area (Å²) in [6.45, 7) is 1.47. The number of hydrogen-bond acceptors (Lipinski definition) is 6. The number of hydrogen-bond donors (Lipinski definition) is 1. The Labute approximate surface area is 154 Å². The van der Waals surface area contributed by atoms with E-state index >= 15 is 0 Å². The highest BCUT2D eigenvalue weighted by Crippen LogP contribution is 2.38. The van der Waals surface area contributed by atoms with Crippen molar-refractivity contribution in [3.63, 3.8) is 0 Å². The van der Waals surface area contributed by atoms with Crippen LogP contribution < -0.4 is 19.5 Å². The molecule has 0 spiro atoms. The van der Waals surface area contributed by atoms with E-state index in [1.54, 1.807) is 12.1 Å². The molecule has 1 aromatic rings. The van der Waals surface area contributed by atoms with Crippen LogP contribution in [-0.2, 0) is 10.0 Å². The Morgan fingerprint density at radius 3 is 2.08 bits per heavy atom. The largest absolute Gasteiger partial charge is 0.493 e. The molecule has 0 bridgehead atoms. The Balaban J connectivity index is 1.98. The van der Waals surface area contributed by atoms with Crippen LogP contribution in [0.15, 0.2) is 12.1 Å². The highest BCUT2D eigenvalue weighted by molar-refractivity contribution is 7.88. The first kappa shape index (κ1) is 20.3. The van der Waals surface area contributed by atoms with E-state index in [1.807, 2.05) is 0 Å². The van der Waals surface area contributed by atoms with Crippen molar-refractivity contribution in [3.05, 3.63) is 17.7 Å². The first-order valence-electron chi connectivity index (χ1n) is 8.33. The van der Waals surface area contributed by atoms with E-state index in [0.717, 1.165) is 12.8 Å². The van der Waals surface area contributed by atoms with Gasteiger partial charge in [-0.15, -0.1) is 0 Å². The molecule has 26 heavy (non-hydrogen) atoms. The number of amides is 1. The van der Waals surface area contributed by atoms with Gasteiger partial charge in [-0.3, -0.25) is 4.79 Å². The fraction of sp³-hybridized carbons (Fsp3) is 0.588. The van der Waals surface area contributed by atoms with Gasteiger partial charge in [-0.2, -0.15) is 0 Å². The number of methoxy groups -OCH3 is 3. The van der Waals surface area contributed by atoms with Crippen molar-refractivity contribution >= 4 is 15.9 Å². The number of carbonyl (C=O) groups excluding carboxylic acids is 1. The average Bonchev–Trinajstić information content (AvgIpc) is 2.64. The Hall–Kier alpha value is -2.00. The van der Waals surface area contributed by atoms with Crippen molar-refractivity contribution in [2.75, 3.05) is 47.2 Å². The maximum absolute atomic E-state index is 12.5. The van der Waals surface area contributed by atoms with Crippen LogP contribution in [-0.4, -0.2) is 65.8 Å². The summed E-state index contributed by atoms with van der Waals surface area (Å²) in [7, 11) is 1.35. The molecular formula is C17H26N2O6S. The van der Waals surface area contributed by atoms with Crippen molar-refractivity contribution in [1.82, 2.24) is 9.62 Å². The Morgan fingerprint density at radius 2 is 1.65 bits per heavy atom. The third-order valence-corrected chi connectivity index (χ3v) is 5.82. The molecule has 0 radical (unpaired) electrons. The summed E-state index contributed by atoms with van der Waals surface area (Å²) in [4.78, 5) is 12.5. The number of nitrogens with one attached hydrogen (secondary N) is 1. The van der Waals surface area contributed by atoms with E-state index < -0.39 is 10.0 Å². The predicted octanol–water partition coefficient (Wildman–Crippen LogP) is 1.11. The van der Waals surface area contributed by atoms with Gasteiger partial charge in [-0.25, -0.2) is 12.7 Å². The first-order chi connectivity index (χ1) is 12.3. The maximum atomic E-state index is 12.5. The second kappa shape index (κ2) is 8.59. The lowest BCUT2D eigenvalue weighted by atomic mass is 9.98. The number of rotatable bonds is 7. The molecule has 0 atom stereocenters. The predicted molar refractivity (Wildman–Crippen MR) is 97.6 cm³/mol. The highest BCUT2D eigenvalue weighted by Gasteiger charge is 2.25. The Morgan fingerprint density at radius 1 is 1.12 bits per heavy atom. The quantitative estimate of drug-likeness (QED) is 0.755. The van der Waals surface area contributed by atoms with Gasteiger partial charge in [0.2, 0.25) is 15.8 Å². The van der Waals surface area contributed by atoms with Crippen molar-refractivity contribution in [2.24, 2.45) is 5.92 Å². The summed E-state index contributed by atoms with van der Waals surface area (Å²) in [5.74, 6) is 1.27. The molecule has 0 saturated carbocycles. The highest BCUT2D eigenvalue weighted by atomic mass is 32.2. The fourth-order valence-electron chi connectivity index (χ4n) is 3.00. The Bertz CT molecular complexity index is 717. The molecule has 1 aromatic carbocycles. The van der Waals surface area contributed by atoms with E-state index in [4.69, 9.17) is 14.2 Å². The molecule has 2 rings (SSSR count). The molecule has 146 valence electrons. The van der Waals surface area contributed by atoms with Gasteiger partial charge in [0.15, 0.2) is 11.5 Å². The third-order valence-electron chi connectivity index (χ3n) is 4.52. The third kappa shape index (κ3) is 4.79. The zero-order valence-corrected chi connectivity index (χ0v) is 16.4. The summed E-state index contributed by atoms with van der Waals surface area (Å²) in [6, 6.07) is 3.20. The van der Waals surface area contributed by atoms with Crippen LogP contribution in [0.1, 0.15) is 23.2 Å². The number of carbonyl (C=O) groups is 1. The summed E-state index contributed by atoms with van der Waals surface area (Å²) >= 11 is 0. The van der Waals surface area contributed by atoms with Gasteiger partial charge in [0.05, 0.1) is 27.6 Å². The summed E-state index contributed by atoms with van der Waals surface area (Å²) < 4.78 is 40.3. The van der Waals surface area contributed by atoms with Crippen LogP contribution in [0.2, 0.25) is 0 Å². The van der Waals surface area contributed by atoms with Crippen LogP contribution in [0, 0.1) is 5.92 Å². The number of nitrogens with zero attached hydrogens (tertiary/aromatic N) is 1. The fourth-order valence-corrected chi connectivity index (χ4v) is 3.87. The molecular weight excluding hydrogens is 360 g/mol. The molecule has 1 amide bonds. The van der Waals surface area contributed by atoms with Gasteiger partial charge >= 0.3 is 0 Å². The molecule has 1 aliphatic heterocycles. The SMILES string of the molecule is COc1cc(C(=O)NCC2CCN(S(C)(=O)=O)CC2)cc(OC)c1OC. The van der Waals surface area contributed by atoms with Gasteiger partial charge in [-0.05, 0) is 30.9 Å². The zero-order chi connectivity index (χ0) is 19.3. The van der Waals surface area contributed by atoms with Gasteiger partial charge in [-0.1, -0.05) is 0 Å². The van der Waals surface area contributed by atoms with Gasteiger partial charge in [0.25, 0.3) is 5.91 Å². The lowest BCUT2D eigenvalue weighted by Gasteiger charge is -2.30. The molecule has 1 fully saturated rings. The van der Waals surface area contributed by atoms with E-state index in [-0.39, 0.29) is 11.8 Å². The summed E-state index contributed by atoms with van der Waals surface area (Å²) in [5, 5.41) is 2.90. The van der Waals surface area contributed by atoms with Crippen molar-refractivity contribution in [3.8, 4) is 17.2 Å². The minimum Gasteiger partial charge on any atom is -0.493 e. The zero-order valence-electron chi connectivity index (χ0n) is 15.6. The maximum Gasteiger partial charge on any atom is 0.251 e. The topological polar surface area (TPSA) is 94.2 Å². The standard InChI is InChI=1S/C17H26N2O6S/c1-23-14-9-13(10-15(24-2)16(14)25-3)17(20)18-11-12-5-7-19(8-6-12)26(4,21)22/h9-10,12H,5-8,11H2,1-4H3,(H,18,20). The number of sulfonamides is 1. The van der Waals surface area contributed by atoms with Crippen LogP contribution >= 0.6 is 0 Å². The molecule has 8 nitrogen and oxygen atoms in total. The van der Waals surface area contributed by atoms with E-state index in [9.17, 15) is 13.2 Å². The molecule has 1 heterocycles. The lowest BCUT2D eigenvalue weighted by molar-refractivity contribution is 0.0940. The van der Waals surface area contributed by atoms with Gasteiger partial charge in [0.1, 0.15) is 0 Å². The van der Waals surface area contributed by atoms with Crippen molar-refractivity contribution in [2.45, 2.75) is 12.8 Å². The first-order valence-corrected chi connectivity index (χ1v) is 10.2. The van der Waals surface area contributed by atoms with E-state index in [1.165, 1.54) is 31.9 Å². The molecule has 1 N–H and O–H groups in total. The second-order valence-corrected chi connectivity index (χ2v) is 8.21. The minimum absolute atomic E-state index is 0.241. The molecule has 1 aliphatic rings. The van der Waals surface area contributed by atoms with E-state index in [0.29, 0.717) is 42.4 Å². The normalized spacial score (nSPS) is 16.2. The summed E-state index contributed by atoms with van der Waals surface area (Å²) in [6.07, 6.45) is 2.67. The van der Waals surface area contributed by atoms with Gasteiger partial charge < -0.3 is 19.5 Å². The van der Waals surface area contributed by atoms with Crippen molar-refractivity contribution in [1.29, 1.82) is 0 Å². The molecule has 0 unspecified atom stereocenters. The average molecular weight is 386 g/mol. The van der Waals surface area contributed by atoms with Crippen LogP contribution in [0.5, 0.6) is 17.2 Å². The van der Waals surface area contributed by atoms with Crippen LogP contribution in [0.25, 0.3) is 0 Å². The molecule has 9 heteroatoms.